The Morgan fingerprint density at radius 2 is 1.87 bits per heavy atom. The van der Waals surface area contributed by atoms with Gasteiger partial charge in [0.05, 0.1) is 7.11 Å². The number of carbonyl (C=O) groups is 1. The van der Waals surface area contributed by atoms with Gasteiger partial charge in [-0.3, -0.25) is 9.69 Å². The molecular formula is C24H37ClN2O3. The highest BCUT2D eigenvalue weighted by molar-refractivity contribution is 5.92. The number of hydrogen-bond acceptors (Lipinski definition) is 4. The Morgan fingerprint density at radius 1 is 1.13 bits per heavy atom. The van der Waals surface area contributed by atoms with Crippen LogP contribution in [0.4, 0.5) is 0 Å². The summed E-state index contributed by atoms with van der Waals surface area (Å²) in [5.41, 5.74) is 0.928. The minimum atomic E-state index is -0.0228. The van der Waals surface area contributed by atoms with Crippen molar-refractivity contribution in [3.63, 3.8) is 0 Å². The third-order valence-electron chi connectivity index (χ3n) is 6.09. The first-order valence-corrected chi connectivity index (χ1v) is 11.2. The van der Waals surface area contributed by atoms with Crippen molar-refractivity contribution in [3.8, 4) is 11.5 Å². The summed E-state index contributed by atoms with van der Waals surface area (Å²) in [6.07, 6.45) is 11.9. The third-order valence-corrected chi connectivity index (χ3v) is 6.09. The fraction of sp³-hybridized carbons (Fsp3) is 0.625. The van der Waals surface area contributed by atoms with Gasteiger partial charge in [-0.1, -0.05) is 19.4 Å². The molecule has 0 unspecified atom stereocenters. The van der Waals surface area contributed by atoms with E-state index in [0.29, 0.717) is 18.4 Å². The predicted molar refractivity (Wildman–Crippen MR) is 125 cm³/mol. The fourth-order valence-corrected chi connectivity index (χ4v) is 4.20. The van der Waals surface area contributed by atoms with Crippen LogP contribution in [0.5, 0.6) is 11.5 Å². The summed E-state index contributed by atoms with van der Waals surface area (Å²) in [4.78, 5) is 14.7. The zero-order valence-corrected chi connectivity index (χ0v) is 19.2. The molecule has 1 aromatic rings. The molecule has 1 aromatic carbocycles. The summed E-state index contributed by atoms with van der Waals surface area (Å²) in [6, 6.07) is 6.12. The van der Waals surface area contributed by atoms with E-state index in [0.717, 1.165) is 36.6 Å². The lowest BCUT2D eigenvalue weighted by atomic mass is 9.87. The molecule has 168 valence electrons. The van der Waals surface area contributed by atoms with Crippen molar-refractivity contribution >= 4 is 24.4 Å². The molecule has 5 nitrogen and oxygen atoms in total. The Bertz CT molecular complexity index is 681. The number of halogens is 1. The number of ether oxygens (including phenoxy) is 2. The van der Waals surface area contributed by atoms with E-state index >= 15 is 0 Å². The smallest absolute Gasteiger partial charge is 0.244 e. The Balaban J connectivity index is 0.00000320. The van der Waals surface area contributed by atoms with Crippen molar-refractivity contribution < 1.29 is 14.3 Å². The number of amides is 1. The normalized spacial score (nSPS) is 22.3. The number of piperidine rings is 1. The molecule has 1 heterocycles. The summed E-state index contributed by atoms with van der Waals surface area (Å²) in [5.74, 6) is 2.21. The van der Waals surface area contributed by atoms with Crippen LogP contribution < -0.4 is 14.8 Å². The van der Waals surface area contributed by atoms with E-state index in [9.17, 15) is 4.79 Å². The number of carbonyl (C=O) groups excluding carboxylic acids is 1. The Morgan fingerprint density at radius 3 is 2.57 bits per heavy atom. The third kappa shape index (κ3) is 7.84. The van der Waals surface area contributed by atoms with E-state index in [1.54, 1.807) is 13.2 Å². The molecule has 1 aliphatic heterocycles. The maximum Gasteiger partial charge on any atom is 0.244 e. The number of methoxy groups -OCH3 is 1. The standard InChI is InChI=1S/C24H36N2O3.ClH/c1-19-6-10-21(11-7-19)25-24(27)13-9-20-8-12-22(23(18-20)28-2)29-17-16-26-14-4-3-5-15-26;/h8-9,12-13,18-19,21H,3-7,10-11,14-17H2,1-2H3,(H,25,27);1H/b13-9+;/t19-,21-;. The van der Waals surface area contributed by atoms with Crippen LogP contribution in [0, 0.1) is 5.92 Å². The summed E-state index contributed by atoms with van der Waals surface area (Å²) in [6.45, 7) is 6.24. The van der Waals surface area contributed by atoms with Gasteiger partial charge in [-0.15, -0.1) is 12.4 Å². The highest BCUT2D eigenvalue weighted by Crippen LogP contribution is 2.29. The van der Waals surface area contributed by atoms with Crippen molar-refractivity contribution in [3.05, 3.63) is 29.8 Å². The molecule has 0 bridgehead atoms. The minimum Gasteiger partial charge on any atom is -0.493 e. The van der Waals surface area contributed by atoms with E-state index in [2.05, 4.69) is 17.1 Å². The molecule has 1 N–H and O–H groups in total. The van der Waals surface area contributed by atoms with Gasteiger partial charge < -0.3 is 14.8 Å². The van der Waals surface area contributed by atoms with Crippen LogP contribution >= 0.6 is 12.4 Å². The fourth-order valence-electron chi connectivity index (χ4n) is 4.20. The van der Waals surface area contributed by atoms with Crippen LogP contribution in [-0.2, 0) is 4.79 Å². The van der Waals surface area contributed by atoms with Crippen LogP contribution in [0.25, 0.3) is 6.08 Å². The van der Waals surface area contributed by atoms with Gasteiger partial charge in [-0.25, -0.2) is 0 Å². The van der Waals surface area contributed by atoms with Gasteiger partial charge in [0.15, 0.2) is 11.5 Å². The molecule has 2 fully saturated rings. The molecule has 1 amide bonds. The number of rotatable bonds is 8. The number of benzene rings is 1. The van der Waals surface area contributed by atoms with Crippen molar-refractivity contribution in [1.29, 1.82) is 0 Å². The summed E-state index contributed by atoms with van der Waals surface area (Å²) in [7, 11) is 1.65. The summed E-state index contributed by atoms with van der Waals surface area (Å²) in [5, 5.41) is 3.12. The van der Waals surface area contributed by atoms with E-state index in [4.69, 9.17) is 9.47 Å². The van der Waals surface area contributed by atoms with Crippen LogP contribution in [-0.4, -0.2) is 50.2 Å². The van der Waals surface area contributed by atoms with E-state index in [1.165, 1.54) is 45.2 Å². The van der Waals surface area contributed by atoms with Crippen LogP contribution in [0.3, 0.4) is 0 Å². The lowest BCUT2D eigenvalue weighted by Crippen LogP contribution is -2.36. The molecule has 0 spiro atoms. The number of nitrogens with one attached hydrogen (secondary N) is 1. The van der Waals surface area contributed by atoms with E-state index < -0.39 is 0 Å². The van der Waals surface area contributed by atoms with Crippen LogP contribution in [0.2, 0.25) is 0 Å². The average molecular weight is 437 g/mol. The van der Waals surface area contributed by atoms with Crippen molar-refractivity contribution in [1.82, 2.24) is 10.2 Å². The van der Waals surface area contributed by atoms with Gasteiger partial charge in [0, 0.05) is 18.7 Å². The molecule has 6 heteroatoms. The maximum atomic E-state index is 12.2. The first kappa shape index (κ1) is 24.5. The largest absolute Gasteiger partial charge is 0.493 e. The second-order valence-corrected chi connectivity index (χ2v) is 8.46. The average Bonchev–Trinajstić information content (AvgIpc) is 2.75. The van der Waals surface area contributed by atoms with Gasteiger partial charge in [0.25, 0.3) is 0 Å². The molecule has 1 aliphatic carbocycles. The van der Waals surface area contributed by atoms with Gasteiger partial charge in [0.1, 0.15) is 6.61 Å². The number of nitrogens with zero attached hydrogens (tertiary/aromatic N) is 1. The zero-order chi connectivity index (χ0) is 20.5. The monoisotopic (exact) mass is 436 g/mol. The van der Waals surface area contributed by atoms with Gasteiger partial charge in [-0.2, -0.15) is 0 Å². The Labute approximate surface area is 187 Å². The molecule has 2 aliphatic rings. The lowest BCUT2D eigenvalue weighted by molar-refractivity contribution is -0.117. The van der Waals surface area contributed by atoms with Crippen molar-refractivity contribution in [2.45, 2.75) is 57.9 Å². The predicted octanol–water partition coefficient (Wildman–Crippen LogP) is 4.69. The van der Waals surface area contributed by atoms with Gasteiger partial charge in [-0.05, 0) is 81.3 Å². The molecule has 0 atom stereocenters. The van der Waals surface area contributed by atoms with Gasteiger partial charge >= 0.3 is 0 Å². The highest BCUT2D eigenvalue weighted by atomic mass is 35.5. The molecule has 0 aromatic heterocycles. The van der Waals surface area contributed by atoms with Gasteiger partial charge in [0.2, 0.25) is 5.91 Å². The van der Waals surface area contributed by atoms with Crippen LogP contribution in [0.15, 0.2) is 24.3 Å². The van der Waals surface area contributed by atoms with Crippen LogP contribution in [0.1, 0.15) is 57.4 Å². The zero-order valence-electron chi connectivity index (χ0n) is 18.4. The minimum absolute atomic E-state index is 0. The molecule has 1 saturated heterocycles. The Hall–Kier alpha value is -1.72. The SMILES string of the molecule is COc1cc(/C=C/C(=O)N[C@H]2CC[C@H](C)CC2)ccc1OCCN1CCCCC1.Cl. The Kier molecular flexibility index (Phi) is 10.5. The van der Waals surface area contributed by atoms with Crippen molar-refractivity contribution in [2.75, 3.05) is 33.4 Å². The molecule has 30 heavy (non-hydrogen) atoms. The molecule has 3 rings (SSSR count). The molecule has 1 saturated carbocycles. The lowest BCUT2D eigenvalue weighted by Gasteiger charge is -2.26. The topological polar surface area (TPSA) is 50.8 Å². The number of hydrogen-bond donors (Lipinski definition) is 1. The van der Waals surface area contributed by atoms with Crippen molar-refractivity contribution in [2.24, 2.45) is 5.92 Å². The van der Waals surface area contributed by atoms with E-state index in [-0.39, 0.29) is 18.3 Å². The molecular weight excluding hydrogens is 400 g/mol. The summed E-state index contributed by atoms with van der Waals surface area (Å²) >= 11 is 0. The second-order valence-electron chi connectivity index (χ2n) is 8.46. The molecule has 0 radical (unpaired) electrons. The van der Waals surface area contributed by atoms with E-state index in [1.807, 2.05) is 24.3 Å². The number of likely N-dealkylation sites (tertiary alicyclic amines) is 1. The first-order chi connectivity index (χ1) is 14.1. The first-order valence-electron chi connectivity index (χ1n) is 11.2. The highest BCUT2D eigenvalue weighted by Gasteiger charge is 2.18. The second kappa shape index (κ2) is 12.9. The maximum absolute atomic E-state index is 12.2. The quantitative estimate of drug-likeness (QED) is 0.600. The summed E-state index contributed by atoms with van der Waals surface area (Å²) < 4.78 is 11.4.